The quantitative estimate of drug-likeness (QED) is 0.316. The van der Waals surface area contributed by atoms with E-state index >= 15 is 0 Å². The van der Waals surface area contributed by atoms with Crippen LogP contribution in [-0.4, -0.2) is 16.4 Å². The first-order valence-corrected chi connectivity index (χ1v) is 7.83. The highest BCUT2D eigenvalue weighted by molar-refractivity contribution is 8.83. The van der Waals surface area contributed by atoms with E-state index in [1.807, 2.05) is 33.3 Å². The summed E-state index contributed by atoms with van der Waals surface area (Å²) in [5.74, 6) is 0. The Morgan fingerprint density at radius 3 is 2.38 bits per heavy atom. The van der Waals surface area contributed by atoms with Crippen molar-refractivity contribution in [1.82, 2.24) is 0 Å². The topological polar surface area (TPSA) is 0 Å². The van der Waals surface area contributed by atoms with Crippen LogP contribution in [0.3, 0.4) is 0 Å². The second kappa shape index (κ2) is 8.75. The number of thioether (sulfide) groups is 1. The lowest BCUT2D eigenvalue weighted by molar-refractivity contribution is 2.25. The number of hydrogen-bond acceptors (Lipinski definition) is 5. The largest absolute Gasteiger partial charge is 0.154 e. The highest BCUT2D eigenvalue weighted by Crippen LogP contribution is 2.28. The van der Waals surface area contributed by atoms with Crippen LogP contribution in [0.4, 0.5) is 0 Å². The van der Waals surface area contributed by atoms with Crippen molar-refractivity contribution < 1.29 is 0 Å². The van der Waals surface area contributed by atoms with Crippen LogP contribution in [-0.2, 0) is 0 Å². The average Bonchev–Trinajstić information content (AvgIpc) is 1.81. The van der Waals surface area contributed by atoms with Crippen LogP contribution < -0.4 is 0 Å². The molecule has 0 atom stereocenters. The van der Waals surface area contributed by atoms with Crippen molar-refractivity contribution in [2.75, 3.05) is 16.4 Å². The molecule has 0 amide bonds. The van der Waals surface area contributed by atoms with E-state index in [4.69, 9.17) is 0 Å². The van der Waals surface area contributed by atoms with E-state index in [2.05, 4.69) is 17.9 Å². The van der Waals surface area contributed by atoms with Gasteiger partial charge in [-0.2, -0.15) is 11.8 Å². The molecule has 0 spiro atoms. The Hall–Kier alpha value is 1.75. The van der Waals surface area contributed by atoms with E-state index in [0.29, 0.717) is 0 Å². The maximum Gasteiger partial charge on any atom is 0.0597 e. The summed E-state index contributed by atoms with van der Waals surface area (Å²) in [6.45, 7) is 0. The number of thiol groups is 1. The highest BCUT2D eigenvalue weighted by atomic mass is 33.1. The van der Waals surface area contributed by atoms with Gasteiger partial charge in [0.1, 0.15) is 0 Å². The average molecular weight is 204 g/mol. The molecule has 0 nitrogen and oxygen atoms in total. The minimum atomic E-state index is 1.08. The lowest BCUT2D eigenvalue weighted by atomic mass is 11.9. The fraction of sp³-hybridized carbons (Fsp3) is 1.00. The van der Waals surface area contributed by atoms with Gasteiger partial charge in [-0.15, -0.1) is 11.7 Å². The summed E-state index contributed by atoms with van der Waals surface area (Å²) in [6.07, 6.45) is 2.11. The zero-order chi connectivity index (χ0) is 6.24. The predicted octanol–water partition coefficient (Wildman–Crippen LogP) is 3.22. The minimum Gasteiger partial charge on any atom is -0.154 e. The molecule has 0 aliphatic rings. The molecule has 8 heavy (non-hydrogen) atoms. The Bertz CT molecular complexity index is 32.7. The Kier molecular flexibility index (Phi) is 10.7. The van der Waals surface area contributed by atoms with E-state index in [9.17, 15) is 0 Å². The maximum absolute atomic E-state index is 4.00. The van der Waals surface area contributed by atoms with Gasteiger partial charge in [-0.05, 0) is 6.26 Å². The molecule has 0 rings (SSSR count). The molecule has 0 aliphatic heterocycles. The molecule has 0 aromatic carbocycles. The van der Waals surface area contributed by atoms with Gasteiger partial charge in [-0.1, -0.05) is 32.4 Å². The summed E-state index contributed by atoms with van der Waals surface area (Å²) >= 11 is 5.86. The normalized spacial score (nSPS) is 9.75. The van der Waals surface area contributed by atoms with Crippen molar-refractivity contribution >= 4 is 55.8 Å². The van der Waals surface area contributed by atoms with Gasteiger partial charge in [0.2, 0.25) is 0 Å². The van der Waals surface area contributed by atoms with Gasteiger partial charge in [-0.25, -0.2) is 0 Å². The van der Waals surface area contributed by atoms with Crippen LogP contribution in [0.15, 0.2) is 0 Å². The Morgan fingerprint density at radius 1 is 1.25 bits per heavy atom. The fourth-order valence-corrected chi connectivity index (χ4v) is 4.88. The molecule has 0 bridgehead atoms. The van der Waals surface area contributed by atoms with Gasteiger partial charge in [0, 0.05) is 5.08 Å². The van der Waals surface area contributed by atoms with Crippen LogP contribution in [0, 0.1) is 0 Å². The Morgan fingerprint density at radius 2 is 1.88 bits per heavy atom. The van der Waals surface area contributed by atoms with Gasteiger partial charge in [0.25, 0.3) is 0 Å². The first-order valence-electron chi connectivity index (χ1n) is 1.91. The summed E-state index contributed by atoms with van der Waals surface area (Å²) < 4.78 is 0. The molecule has 0 N–H and O–H groups in total. The van der Waals surface area contributed by atoms with Crippen molar-refractivity contribution in [2.24, 2.45) is 0 Å². The minimum absolute atomic E-state index is 1.08. The highest BCUT2D eigenvalue weighted by Gasteiger charge is 1.84. The molecule has 0 heterocycles. The van der Waals surface area contributed by atoms with Gasteiger partial charge in [0.15, 0.2) is 0 Å². The zero-order valence-corrected chi connectivity index (χ0v) is 8.65. The summed E-state index contributed by atoms with van der Waals surface area (Å²) in [7, 11) is 5.33. The summed E-state index contributed by atoms with van der Waals surface area (Å²) in [5.41, 5.74) is 0. The molecule has 0 aromatic heterocycles. The van der Waals surface area contributed by atoms with Crippen LogP contribution in [0.25, 0.3) is 0 Å². The van der Waals surface area contributed by atoms with Gasteiger partial charge < -0.3 is 0 Å². The third-order valence-electron chi connectivity index (χ3n) is 0.350. The van der Waals surface area contributed by atoms with Crippen molar-refractivity contribution in [2.45, 2.75) is 0 Å². The second-order valence-electron chi connectivity index (χ2n) is 0.889. The SMILES string of the molecule is CSCSSCSS. The van der Waals surface area contributed by atoms with Crippen LogP contribution in [0.2, 0.25) is 0 Å². The molecule has 0 saturated heterocycles. The number of rotatable bonds is 5. The summed E-state index contributed by atoms with van der Waals surface area (Å²) in [5, 5.41) is 2.26. The third kappa shape index (κ3) is 7.75. The predicted molar refractivity (Wildman–Crippen MR) is 55.0 cm³/mol. The van der Waals surface area contributed by atoms with E-state index in [-0.39, 0.29) is 0 Å². The third-order valence-corrected chi connectivity index (χ3v) is 5.83. The van der Waals surface area contributed by atoms with Gasteiger partial charge in [-0.3, -0.25) is 0 Å². The van der Waals surface area contributed by atoms with E-state index in [0.717, 1.165) is 5.08 Å². The molecule has 50 valence electrons. The summed E-state index contributed by atoms with van der Waals surface area (Å²) in [6, 6.07) is 0. The Labute approximate surface area is 71.9 Å². The van der Waals surface area contributed by atoms with E-state index < -0.39 is 0 Å². The van der Waals surface area contributed by atoms with Crippen LogP contribution >= 0.6 is 55.8 Å². The molecule has 0 radical (unpaired) electrons. The molecule has 0 fully saturated rings. The maximum atomic E-state index is 4.00. The molecule has 0 aromatic rings. The van der Waals surface area contributed by atoms with Gasteiger partial charge >= 0.3 is 0 Å². The van der Waals surface area contributed by atoms with Crippen molar-refractivity contribution in [3.05, 3.63) is 0 Å². The zero-order valence-electron chi connectivity index (χ0n) is 4.49. The fourth-order valence-electron chi connectivity index (χ4n) is 0.138. The lowest BCUT2D eigenvalue weighted by Gasteiger charge is -1.92. The van der Waals surface area contributed by atoms with Crippen LogP contribution in [0.5, 0.6) is 0 Å². The van der Waals surface area contributed by atoms with E-state index in [1.54, 1.807) is 10.8 Å². The van der Waals surface area contributed by atoms with Crippen molar-refractivity contribution in [1.29, 1.82) is 0 Å². The summed E-state index contributed by atoms with van der Waals surface area (Å²) in [4.78, 5) is 0. The molecule has 5 heteroatoms. The Balaban J connectivity index is 2.53. The molecule has 0 saturated carbocycles. The van der Waals surface area contributed by atoms with Crippen LogP contribution in [0.1, 0.15) is 0 Å². The monoisotopic (exact) mass is 204 g/mol. The first-order chi connectivity index (χ1) is 3.91. The molecular weight excluding hydrogens is 196 g/mol. The van der Waals surface area contributed by atoms with E-state index in [1.165, 1.54) is 5.08 Å². The molecule has 0 unspecified atom stereocenters. The second-order valence-corrected chi connectivity index (χ2v) is 6.27. The smallest absolute Gasteiger partial charge is 0.0597 e. The lowest BCUT2D eigenvalue weighted by Crippen LogP contribution is -1.61. The molecule has 0 aliphatic carbocycles. The van der Waals surface area contributed by atoms with Crippen molar-refractivity contribution in [3.63, 3.8) is 0 Å². The molecular formula is C3H8S5. The number of hydrogen-bond donors (Lipinski definition) is 1. The standard InChI is InChI=1S/C3H8S5/c1-5-2-7-8-3-6-4/h4H,2-3H2,1H3. The van der Waals surface area contributed by atoms with Crippen molar-refractivity contribution in [3.8, 4) is 0 Å². The van der Waals surface area contributed by atoms with Gasteiger partial charge in [0.05, 0.1) is 5.08 Å². The first kappa shape index (κ1) is 9.75.